The van der Waals surface area contributed by atoms with E-state index in [0.29, 0.717) is 18.8 Å². The summed E-state index contributed by atoms with van der Waals surface area (Å²) in [7, 11) is 0. The van der Waals surface area contributed by atoms with Crippen LogP contribution in [0, 0.1) is 16.7 Å². The van der Waals surface area contributed by atoms with E-state index < -0.39 is 0 Å². The SMILES string of the molecule is C=C/C(=N\C=C(/C)OCC)N1CCCC(C)(CN2C=NC3=CC=C(C#N)C=CC32)CCCOSC1=C. The maximum Gasteiger partial charge on any atom is 0.132 e. The number of amidine groups is 1. The van der Waals surface area contributed by atoms with Gasteiger partial charge in [0.15, 0.2) is 0 Å². The maximum atomic E-state index is 9.26. The number of ether oxygens (including phenoxy) is 1. The zero-order chi connectivity index (χ0) is 26.0. The molecular weight excluding hydrogens is 470 g/mol. The van der Waals surface area contributed by atoms with Gasteiger partial charge in [-0.05, 0) is 69.2 Å². The van der Waals surface area contributed by atoms with E-state index in [2.05, 4.69) is 52.0 Å². The normalized spacial score (nSPS) is 25.8. The van der Waals surface area contributed by atoms with Crippen LogP contribution in [0.2, 0.25) is 0 Å². The number of hydrogen-bond donors (Lipinski definition) is 0. The van der Waals surface area contributed by atoms with Crippen LogP contribution in [-0.4, -0.2) is 54.3 Å². The first kappa shape index (κ1) is 27.6. The van der Waals surface area contributed by atoms with Gasteiger partial charge in [0.05, 0.1) is 54.2 Å². The summed E-state index contributed by atoms with van der Waals surface area (Å²) in [5.41, 5.74) is 1.69. The highest BCUT2D eigenvalue weighted by molar-refractivity contribution is 7.98. The summed E-state index contributed by atoms with van der Waals surface area (Å²) >= 11 is 1.30. The van der Waals surface area contributed by atoms with Crippen LogP contribution in [0.3, 0.4) is 0 Å². The van der Waals surface area contributed by atoms with Crippen molar-refractivity contribution >= 4 is 24.2 Å². The predicted molar refractivity (Wildman–Crippen MR) is 149 cm³/mol. The fourth-order valence-corrected chi connectivity index (χ4v) is 5.18. The van der Waals surface area contributed by atoms with Crippen molar-refractivity contribution in [2.24, 2.45) is 15.4 Å². The second-order valence-corrected chi connectivity index (χ2v) is 10.3. The summed E-state index contributed by atoms with van der Waals surface area (Å²) in [4.78, 5) is 13.6. The number of nitriles is 1. The van der Waals surface area contributed by atoms with E-state index in [0.717, 1.165) is 61.1 Å². The van der Waals surface area contributed by atoms with Crippen molar-refractivity contribution in [3.05, 3.63) is 71.8 Å². The first-order valence-electron chi connectivity index (χ1n) is 12.4. The molecule has 0 aromatic heterocycles. The molecule has 3 rings (SSSR count). The van der Waals surface area contributed by atoms with Gasteiger partial charge in [0.2, 0.25) is 0 Å². The first-order chi connectivity index (χ1) is 17.4. The highest BCUT2D eigenvalue weighted by atomic mass is 32.2. The lowest BCUT2D eigenvalue weighted by Gasteiger charge is -2.36. The van der Waals surface area contributed by atoms with E-state index in [1.807, 2.05) is 38.4 Å². The van der Waals surface area contributed by atoms with Gasteiger partial charge in [-0.1, -0.05) is 26.2 Å². The molecular formula is C28H37N5O2S. The monoisotopic (exact) mass is 507 g/mol. The lowest BCUT2D eigenvalue weighted by atomic mass is 9.80. The van der Waals surface area contributed by atoms with Crippen LogP contribution < -0.4 is 0 Å². The average molecular weight is 508 g/mol. The number of allylic oxidation sites excluding steroid dienone is 5. The molecule has 192 valence electrons. The highest BCUT2D eigenvalue weighted by Crippen LogP contribution is 2.35. The minimum atomic E-state index is 0.0602. The molecule has 1 fully saturated rings. The van der Waals surface area contributed by atoms with Crippen molar-refractivity contribution in [3.8, 4) is 6.07 Å². The Hall–Kier alpha value is -3.02. The van der Waals surface area contributed by atoms with Crippen molar-refractivity contribution in [1.29, 1.82) is 5.26 Å². The van der Waals surface area contributed by atoms with Gasteiger partial charge in [-0.3, -0.25) is 0 Å². The first-order valence-corrected chi connectivity index (χ1v) is 13.2. The number of fused-ring (bicyclic) bond motifs is 1. The molecule has 3 aliphatic rings. The van der Waals surface area contributed by atoms with Crippen molar-refractivity contribution < 1.29 is 8.92 Å². The van der Waals surface area contributed by atoms with Gasteiger partial charge in [0.25, 0.3) is 0 Å². The van der Waals surface area contributed by atoms with Gasteiger partial charge in [0.1, 0.15) is 11.6 Å². The largest absolute Gasteiger partial charge is 0.497 e. The number of nitrogens with zero attached hydrogens (tertiary/aromatic N) is 5. The molecule has 1 saturated heterocycles. The van der Waals surface area contributed by atoms with Gasteiger partial charge in [-0.2, -0.15) is 5.26 Å². The third kappa shape index (κ3) is 7.49. The molecule has 2 heterocycles. The quantitative estimate of drug-likeness (QED) is 0.187. The molecule has 1 aliphatic carbocycles. The molecule has 0 spiro atoms. The molecule has 0 saturated carbocycles. The van der Waals surface area contributed by atoms with E-state index in [1.165, 1.54) is 12.0 Å². The zero-order valence-corrected chi connectivity index (χ0v) is 22.5. The van der Waals surface area contributed by atoms with Gasteiger partial charge < -0.3 is 18.7 Å². The summed E-state index contributed by atoms with van der Waals surface area (Å²) in [6.07, 6.45) is 17.2. The lowest BCUT2D eigenvalue weighted by molar-refractivity contribution is 0.178. The Balaban J connectivity index is 1.73. The molecule has 0 radical (unpaired) electrons. The molecule has 8 heteroatoms. The van der Waals surface area contributed by atoms with Crippen LogP contribution in [0.1, 0.15) is 46.5 Å². The van der Waals surface area contributed by atoms with E-state index in [-0.39, 0.29) is 11.5 Å². The highest BCUT2D eigenvalue weighted by Gasteiger charge is 2.32. The molecule has 2 aliphatic heterocycles. The standard InChI is InChI=1S/C28H37N5O2S/c1-6-27(30-19-22(3)34-7-2)33-16-8-14-28(5,15-9-17-35-36-23(33)4)20-32-21-31-25-12-10-24(18-29)11-13-26(25)32/h6,10-13,19,21,26H,1,4,7-9,14-17,20H2,2-3,5H3/b22-19+,30-27+. The predicted octanol–water partition coefficient (Wildman–Crippen LogP) is 6.10. The van der Waals surface area contributed by atoms with Gasteiger partial charge in [0, 0.05) is 25.1 Å². The molecule has 0 N–H and O–H groups in total. The summed E-state index contributed by atoms with van der Waals surface area (Å²) in [5, 5.41) is 10.1. The summed E-state index contributed by atoms with van der Waals surface area (Å²) < 4.78 is 11.4. The van der Waals surface area contributed by atoms with Gasteiger partial charge >= 0.3 is 0 Å². The van der Waals surface area contributed by atoms with Crippen LogP contribution in [-0.2, 0) is 8.92 Å². The maximum absolute atomic E-state index is 9.26. The fourth-order valence-electron chi connectivity index (χ4n) is 4.57. The summed E-state index contributed by atoms with van der Waals surface area (Å²) in [5.74, 6) is 1.48. The number of hydrogen-bond acceptors (Lipinski definition) is 7. The Labute approximate surface area is 220 Å². The van der Waals surface area contributed by atoms with Crippen molar-refractivity contribution in [3.63, 3.8) is 0 Å². The lowest BCUT2D eigenvalue weighted by Crippen LogP contribution is -2.39. The summed E-state index contributed by atoms with van der Waals surface area (Å²) in [6, 6.07) is 2.28. The Bertz CT molecular complexity index is 1050. The molecule has 0 aromatic carbocycles. The van der Waals surface area contributed by atoms with Crippen LogP contribution in [0.15, 0.2) is 81.8 Å². The Morgan fingerprint density at radius 1 is 1.42 bits per heavy atom. The molecule has 2 atom stereocenters. The van der Waals surface area contributed by atoms with E-state index >= 15 is 0 Å². The number of aliphatic imine (C=N–C) groups is 2. The van der Waals surface area contributed by atoms with E-state index in [4.69, 9.17) is 8.92 Å². The van der Waals surface area contributed by atoms with Crippen LogP contribution in [0.5, 0.6) is 0 Å². The average Bonchev–Trinajstić information content (AvgIpc) is 3.09. The molecule has 2 unspecified atom stereocenters. The Kier molecular flexibility index (Phi) is 10.2. The van der Waals surface area contributed by atoms with Gasteiger partial charge in [-0.15, -0.1) is 0 Å². The fraction of sp³-hybridized carbons (Fsp3) is 0.464. The molecule has 0 aromatic rings. The van der Waals surface area contributed by atoms with E-state index in [9.17, 15) is 5.26 Å². The van der Waals surface area contributed by atoms with Crippen LogP contribution in [0.25, 0.3) is 0 Å². The third-order valence-electron chi connectivity index (χ3n) is 6.44. The minimum absolute atomic E-state index is 0.0602. The topological polar surface area (TPSA) is 73.5 Å². The Morgan fingerprint density at radius 2 is 2.22 bits per heavy atom. The molecule has 36 heavy (non-hydrogen) atoms. The minimum Gasteiger partial charge on any atom is -0.497 e. The smallest absolute Gasteiger partial charge is 0.132 e. The zero-order valence-electron chi connectivity index (χ0n) is 21.7. The van der Waals surface area contributed by atoms with Crippen molar-refractivity contribution in [2.75, 3.05) is 26.3 Å². The third-order valence-corrected chi connectivity index (χ3v) is 7.13. The second-order valence-electron chi connectivity index (χ2n) is 9.38. The molecule has 0 bridgehead atoms. The van der Waals surface area contributed by atoms with Crippen LogP contribution in [0.4, 0.5) is 0 Å². The second kappa shape index (κ2) is 13.3. The van der Waals surface area contributed by atoms with E-state index in [1.54, 1.807) is 12.3 Å². The molecule has 7 nitrogen and oxygen atoms in total. The molecule has 0 amide bonds. The van der Waals surface area contributed by atoms with Crippen molar-refractivity contribution in [1.82, 2.24) is 9.80 Å². The number of rotatable bonds is 6. The summed E-state index contributed by atoms with van der Waals surface area (Å²) in [6.45, 7) is 17.3. The van der Waals surface area contributed by atoms with Gasteiger partial charge in [-0.25, -0.2) is 9.98 Å². The van der Waals surface area contributed by atoms with Crippen molar-refractivity contribution in [2.45, 2.75) is 52.5 Å². The van der Waals surface area contributed by atoms with Crippen LogP contribution >= 0.6 is 12.0 Å². The Morgan fingerprint density at radius 3 is 2.97 bits per heavy atom.